The highest BCUT2D eigenvalue weighted by Crippen LogP contribution is 2.28. The summed E-state index contributed by atoms with van der Waals surface area (Å²) in [6, 6.07) is 10.8. The van der Waals surface area contributed by atoms with Gasteiger partial charge in [0, 0.05) is 17.3 Å². The van der Waals surface area contributed by atoms with Crippen LogP contribution in [0.15, 0.2) is 42.5 Å². The number of carbonyl (C=O) groups is 1. The highest BCUT2D eigenvalue weighted by molar-refractivity contribution is 6.04. The van der Waals surface area contributed by atoms with Crippen LogP contribution in [0.5, 0.6) is 5.75 Å². The van der Waals surface area contributed by atoms with Crippen LogP contribution in [0.3, 0.4) is 0 Å². The zero-order valence-corrected chi connectivity index (χ0v) is 12.5. The number of hydrogen-bond donors (Lipinski definition) is 2. The van der Waals surface area contributed by atoms with Gasteiger partial charge in [-0.1, -0.05) is 12.1 Å². The second-order valence-corrected chi connectivity index (χ2v) is 4.69. The number of benzene rings is 2. The van der Waals surface area contributed by atoms with Crippen LogP contribution >= 0.6 is 0 Å². The van der Waals surface area contributed by atoms with E-state index in [-0.39, 0.29) is 23.6 Å². The molecule has 0 heterocycles. The summed E-state index contributed by atoms with van der Waals surface area (Å²) >= 11 is 0. The van der Waals surface area contributed by atoms with Gasteiger partial charge in [-0.2, -0.15) is 0 Å². The van der Waals surface area contributed by atoms with Crippen LogP contribution in [0.4, 0.5) is 11.4 Å². The molecule has 0 fully saturated rings. The van der Waals surface area contributed by atoms with E-state index >= 15 is 0 Å². The maximum absolute atomic E-state index is 12.2. The molecule has 2 N–H and O–H groups in total. The van der Waals surface area contributed by atoms with Gasteiger partial charge in [-0.15, -0.1) is 0 Å². The number of aliphatic hydroxyl groups is 1. The van der Waals surface area contributed by atoms with Gasteiger partial charge in [0.2, 0.25) is 0 Å². The molecule has 0 aliphatic rings. The molecule has 0 atom stereocenters. The SMILES string of the molecule is CCOc1ccc(C(=O)Nc2cccc(CO)c2)cc1[N+](=O)[O-]. The van der Waals surface area contributed by atoms with Crippen molar-refractivity contribution in [2.75, 3.05) is 11.9 Å². The minimum Gasteiger partial charge on any atom is -0.487 e. The van der Waals surface area contributed by atoms with E-state index in [1.165, 1.54) is 18.2 Å². The quantitative estimate of drug-likeness (QED) is 0.630. The van der Waals surface area contributed by atoms with Gasteiger partial charge in [-0.25, -0.2) is 0 Å². The summed E-state index contributed by atoms with van der Waals surface area (Å²) in [5.41, 5.74) is 1.04. The molecule has 2 rings (SSSR count). The van der Waals surface area contributed by atoms with Crippen LogP contribution in [0.2, 0.25) is 0 Å². The molecule has 0 bridgehead atoms. The fourth-order valence-electron chi connectivity index (χ4n) is 2.03. The predicted molar refractivity (Wildman–Crippen MR) is 84.6 cm³/mol. The van der Waals surface area contributed by atoms with E-state index in [9.17, 15) is 14.9 Å². The van der Waals surface area contributed by atoms with Crippen molar-refractivity contribution in [1.82, 2.24) is 0 Å². The molecule has 0 saturated carbocycles. The fourth-order valence-corrected chi connectivity index (χ4v) is 2.03. The summed E-state index contributed by atoms with van der Waals surface area (Å²) in [5, 5.41) is 22.8. The Hall–Kier alpha value is -2.93. The van der Waals surface area contributed by atoms with Crippen molar-refractivity contribution in [2.24, 2.45) is 0 Å². The number of nitrogens with zero attached hydrogens (tertiary/aromatic N) is 1. The molecule has 2 aromatic rings. The molecule has 7 nitrogen and oxygen atoms in total. The third-order valence-corrected chi connectivity index (χ3v) is 3.09. The maximum Gasteiger partial charge on any atom is 0.311 e. The summed E-state index contributed by atoms with van der Waals surface area (Å²) in [4.78, 5) is 22.7. The predicted octanol–water partition coefficient (Wildman–Crippen LogP) is 2.74. The van der Waals surface area contributed by atoms with Gasteiger partial charge >= 0.3 is 5.69 Å². The molecule has 0 saturated heterocycles. The summed E-state index contributed by atoms with van der Waals surface area (Å²) in [7, 11) is 0. The lowest BCUT2D eigenvalue weighted by Crippen LogP contribution is -2.12. The first-order chi connectivity index (χ1) is 11.0. The van der Waals surface area contributed by atoms with Gasteiger partial charge in [0.15, 0.2) is 5.75 Å². The van der Waals surface area contributed by atoms with Gasteiger partial charge in [0.05, 0.1) is 18.1 Å². The monoisotopic (exact) mass is 316 g/mol. The van der Waals surface area contributed by atoms with Gasteiger partial charge in [-0.3, -0.25) is 14.9 Å². The summed E-state index contributed by atoms with van der Waals surface area (Å²) in [5.74, 6) is -0.359. The molecule has 0 spiro atoms. The smallest absolute Gasteiger partial charge is 0.311 e. The molecule has 0 aliphatic heterocycles. The highest BCUT2D eigenvalue weighted by atomic mass is 16.6. The first-order valence-corrected chi connectivity index (χ1v) is 6.97. The molecule has 0 aliphatic carbocycles. The molecule has 1 amide bonds. The van der Waals surface area contributed by atoms with E-state index in [1.54, 1.807) is 31.2 Å². The second kappa shape index (κ2) is 7.37. The summed E-state index contributed by atoms with van der Waals surface area (Å²) in [6.45, 7) is 1.87. The molecular weight excluding hydrogens is 300 g/mol. The Bertz CT molecular complexity index is 730. The number of amides is 1. The standard InChI is InChI=1S/C16H16N2O5/c1-2-23-15-7-6-12(9-14(15)18(21)22)16(20)17-13-5-3-4-11(8-13)10-19/h3-9,19H,2,10H2,1H3,(H,17,20). The van der Waals surface area contributed by atoms with Crippen molar-refractivity contribution >= 4 is 17.3 Å². The Morgan fingerprint density at radius 2 is 2.09 bits per heavy atom. The molecule has 0 unspecified atom stereocenters. The minimum absolute atomic E-state index is 0.122. The average molecular weight is 316 g/mol. The second-order valence-electron chi connectivity index (χ2n) is 4.69. The first kappa shape index (κ1) is 16.4. The van der Waals surface area contributed by atoms with E-state index in [0.717, 1.165) is 0 Å². The number of ether oxygens (including phenoxy) is 1. The number of hydrogen-bond acceptors (Lipinski definition) is 5. The molecule has 23 heavy (non-hydrogen) atoms. The fraction of sp³-hybridized carbons (Fsp3) is 0.188. The van der Waals surface area contributed by atoms with Crippen molar-refractivity contribution < 1.29 is 19.6 Å². The third-order valence-electron chi connectivity index (χ3n) is 3.09. The Morgan fingerprint density at radius 3 is 2.74 bits per heavy atom. The highest BCUT2D eigenvalue weighted by Gasteiger charge is 2.18. The number of nitro groups is 1. The largest absolute Gasteiger partial charge is 0.487 e. The number of nitro benzene ring substituents is 1. The Balaban J connectivity index is 2.25. The summed E-state index contributed by atoms with van der Waals surface area (Å²) < 4.78 is 5.18. The zero-order chi connectivity index (χ0) is 16.8. The zero-order valence-electron chi connectivity index (χ0n) is 12.5. The third kappa shape index (κ3) is 4.04. The van der Waals surface area contributed by atoms with E-state index in [4.69, 9.17) is 9.84 Å². The number of nitrogens with one attached hydrogen (secondary N) is 1. The van der Waals surface area contributed by atoms with Gasteiger partial charge in [0.1, 0.15) is 0 Å². The lowest BCUT2D eigenvalue weighted by Gasteiger charge is -2.08. The first-order valence-electron chi connectivity index (χ1n) is 6.97. The van der Waals surface area contributed by atoms with Gasteiger partial charge < -0.3 is 15.2 Å². The molecular formula is C16H16N2O5. The Morgan fingerprint density at radius 1 is 1.30 bits per heavy atom. The van der Waals surface area contributed by atoms with Crippen LogP contribution in [-0.4, -0.2) is 22.5 Å². The molecule has 2 aromatic carbocycles. The minimum atomic E-state index is -0.589. The summed E-state index contributed by atoms with van der Waals surface area (Å²) in [6.07, 6.45) is 0. The maximum atomic E-state index is 12.2. The van der Waals surface area contributed by atoms with Crippen molar-refractivity contribution in [2.45, 2.75) is 13.5 Å². The van der Waals surface area contributed by atoms with Crippen molar-refractivity contribution in [3.05, 3.63) is 63.7 Å². The average Bonchev–Trinajstić information content (AvgIpc) is 2.55. The molecule has 7 heteroatoms. The van der Waals surface area contributed by atoms with Crippen LogP contribution in [-0.2, 0) is 6.61 Å². The Kier molecular flexibility index (Phi) is 5.27. The Labute approximate surface area is 132 Å². The number of rotatable bonds is 6. The van der Waals surface area contributed by atoms with Crippen LogP contribution in [0, 0.1) is 10.1 Å². The van der Waals surface area contributed by atoms with Crippen LogP contribution in [0.25, 0.3) is 0 Å². The number of anilines is 1. The molecule has 0 radical (unpaired) electrons. The van der Waals surface area contributed by atoms with Gasteiger partial charge in [0.25, 0.3) is 5.91 Å². The van der Waals surface area contributed by atoms with Crippen LogP contribution in [0.1, 0.15) is 22.8 Å². The molecule has 0 aromatic heterocycles. The van der Waals surface area contributed by atoms with E-state index in [1.807, 2.05) is 0 Å². The number of carbonyl (C=O) groups excluding carboxylic acids is 1. The van der Waals surface area contributed by atoms with E-state index < -0.39 is 10.8 Å². The van der Waals surface area contributed by atoms with E-state index in [2.05, 4.69) is 5.32 Å². The van der Waals surface area contributed by atoms with Gasteiger partial charge in [-0.05, 0) is 36.8 Å². The van der Waals surface area contributed by atoms with Crippen LogP contribution < -0.4 is 10.1 Å². The van der Waals surface area contributed by atoms with Crippen molar-refractivity contribution in [3.63, 3.8) is 0 Å². The lowest BCUT2D eigenvalue weighted by molar-refractivity contribution is -0.385. The van der Waals surface area contributed by atoms with E-state index in [0.29, 0.717) is 17.9 Å². The topological polar surface area (TPSA) is 102 Å². The van der Waals surface area contributed by atoms with Crippen molar-refractivity contribution in [1.29, 1.82) is 0 Å². The lowest BCUT2D eigenvalue weighted by atomic mass is 10.1. The number of aliphatic hydroxyl groups excluding tert-OH is 1. The van der Waals surface area contributed by atoms with Crippen molar-refractivity contribution in [3.8, 4) is 5.75 Å². The molecule has 120 valence electrons. The normalized spacial score (nSPS) is 10.2.